The first kappa shape index (κ1) is 11.9. The Labute approximate surface area is 105 Å². The maximum Gasteiger partial charge on any atom is 0.255 e. The smallest absolute Gasteiger partial charge is 0.255 e. The second-order valence-electron chi connectivity index (χ2n) is 4.07. The number of nitrogens with zero attached hydrogens (tertiary/aromatic N) is 2. The number of nitrogens with one attached hydrogen (secondary N) is 1. The van der Waals surface area contributed by atoms with Gasteiger partial charge in [-0.05, 0) is 43.5 Å². The molecule has 18 heavy (non-hydrogen) atoms. The first-order valence-corrected chi connectivity index (χ1v) is 5.68. The molecule has 0 atom stereocenters. The van der Waals surface area contributed by atoms with Crippen LogP contribution in [0.1, 0.15) is 35.2 Å². The molecule has 1 amide bonds. The Morgan fingerprint density at radius 3 is 2.44 bits per heavy atom. The molecule has 2 rings (SSSR count). The van der Waals surface area contributed by atoms with E-state index in [1.807, 2.05) is 6.07 Å². The molecule has 0 radical (unpaired) electrons. The molecule has 0 spiro atoms. The summed E-state index contributed by atoms with van der Waals surface area (Å²) in [5.41, 5.74) is 2.40. The van der Waals surface area contributed by atoms with Gasteiger partial charge in [0.05, 0.1) is 17.7 Å². The number of carbonyl (C=O) groups excluding carboxylic acids is 1. The molecular weight excluding hydrogens is 226 g/mol. The maximum absolute atomic E-state index is 11.9. The van der Waals surface area contributed by atoms with Crippen LogP contribution in [0.25, 0.3) is 0 Å². The molecule has 0 saturated carbocycles. The van der Waals surface area contributed by atoms with Crippen LogP contribution in [0.5, 0.6) is 0 Å². The Kier molecular flexibility index (Phi) is 3.41. The van der Waals surface area contributed by atoms with E-state index in [2.05, 4.69) is 11.4 Å². The summed E-state index contributed by atoms with van der Waals surface area (Å²) in [5, 5.41) is 20.3. The van der Waals surface area contributed by atoms with Crippen molar-refractivity contribution in [1.29, 1.82) is 10.5 Å². The van der Waals surface area contributed by atoms with E-state index in [0.717, 1.165) is 25.0 Å². The molecule has 0 aliphatic heterocycles. The van der Waals surface area contributed by atoms with Crippen LogP contribution in [-0.2, 0) is 0 Å². The molecule has 1 aromatic rings. The third kappa shape index (κ3) is 2.39. The van der Waals surface area contributed by atoms with Gasteiger partial charge in [-0.25, -0.2) is 0 Å². The van der Waals surface area contributed by atoms with E-state index in [1.54, 1.807) is 24.3 Å². The van der Waals surface area contributed by atoms with Crippen molar-refractivity contribution >= 4 is 5.91 Å². The summed E-state index contributed by atoms with van der Waals surface area (Å²) in [4.78, 5) is 11.9. The minimum absolute atomic E-state index is 0.232. The highest BCUT2D eigenvalue weighted by molar-refractivity contribution is 5.95. The third-order valence-electron chi connectivity index (χ3n) is 2.89. The van der Waals surface area contributed by atoms with Gasteiger partial charge in [0, 0.05) is 16.8 Å². The molecule has 0 aromatic heterocycles. The van der Waals surface area contributed by atoms with Gasteiger partial charge in [-0.1, -0.05) is 0 Å². The summed E-state index contributed by atoms with van der Waals surface area (Å²) in [5.74, 6) is -0.232. The van der Waals surface area contributed by atoms with Crippen molar-refractivity contribution in [1.82, 2.24) is 5.32 Å². The van der Waals surface area contributed by atoms with Gasteiger partial charge < -0.3 is 5.32 Å². The summed E-state index contributed by atoms with van der Waals surface area (Å²) < 4.78 is 0. The molecule has 1 N–H and O–H groups in total. The normalized spacial score (nSPS) is 13.9. The molecule has 0 saturated heterocycles. The molecule has 1 aliphatic carbocycles. The Balaban J connectivity index is 2.13. The highest BCUT2D eigenvalue weighted by Crippen LogP contribution is 2.23. The van der Waals surface area contributed by atoms with Crippen molar-refractivity contribution in [2.45, 2.75) is 19.3 Å². The van der Waals surface area contributed by atoms with E-state index >= 15 is 0 Å². The number of amides is 1. The molecule has 4 heteroatoms. The zero-order valence-corrected chi connectivity index (χ0v) is 9.73. The monoisotopic (exact) mass is 237 g/mol. The molecular formula is C14H11N3O. The predicted molar refractivity (Wildman–Crippen MR) is 65.1 cm³/mol. The number of carbonyl (C=O) groups is 1. The second kappa shape index (κ2) is 5.16. The number of nitriles is 2. The molecule has 88 valence electrons. The van der Waals surface area contributed by atoms with Gasteiger partial charge in [-0.3, -0.25) is 4.79 Å². The fourth-order valence-corrected chi connectivity index (χ4v) is 1.91. The Morgan fingerprint density at radius 2 is 1.83 bits per heavy atom. The summed E-state index contributed by atoms with van der Waals surface area (Å²) in [6.45, 7) is 0. The number of benzene rings is 1. The highest BCUT2D eigenvalue weighted by Gasteiger charge is 2.17. The fourth-order valence-electron chi connectivity index (χ4n) is 1.91. The Bertz CT molecular complexity index is 585. The molecule has 0 unspecified atom stereocenters. The van der Waals surface area contributed by atoms with Crippen molar-refractivity contribution in [3.8, 4) is 12.1 Å². The van der Waals surface area contributed by atoms with Crippen molar-refractivity contribution in [2.75, 3.05) is 0 Å². The average molecular weight is 237 g/mol. The van der Waals surface area contributed by atoms with Gasteiger partial charge in [0.15, 0.2) is 0 Å². The van der Waals surface area contributed by atoms with Crippen molar-refractivity contribution in [3.63, 3.8) is 0 Å². The number of hydrogen-bond acceptors (Lipinski definition) is 3. The van der Waals surface area contributed by atoms with E-state index in [4.69, 9.17) is 10.5 Å². The van der Waals surface area contributed by atoms with Crippen LogP contribution in [0.2, 0.25) is 0 Å². The van der Waals surface area contributed by atoms with Crippen LogP contribution in [0.15, 0.2) is 35.5 Å². The van der Waals surface area contributed by atoms with Gasteiger partial charge in [0.2, 0.25) is 0 Å². The van der Waals surface area contributed by atoms with Gasteiger partial charge in [0.1, 0.15) is 0 Å². The van der Waals surface area contributed by atoms with E-state index in [0.29, 0.717) is 16.7 Å². The lowest BCUT2D eigenvalue weighted by atomic mass is 10.1. The van der Waals surface area contributed by atoms with E-state index in [-0.39, 0.29) is 5.91 Å². The largest absolute Gasteiger partial charge is 0.325 e. The molecule has 4 nitrogen and oxygen atoms in total. The SMILES string of the molecule is N#CC1=C(NC(=O)c2ccc(C#N)cc2)CCC1. The molecule has 1 aliphatic rings. The number of hydrogen-bond donors (Lipinski definition) is 1. The lowest BCUT2D eigenvalue weighted by molar-refractivity contribution is 0.0965. The first-order valence-electron chi connectivity index (χ1n) is 5.68. The lowest BCUT2D eigenvalue weighted by Gasteiger charge is -2.06. The second-order valence-corrected chi connectivity index (χ2v) is 4.07. The first-order chi connectivity index (χ1) is 8.74. The van der Waals surface area contributed by atoms with Gasteiger partial charge in [0.25, 0.3) is 5.91 Å². The summed E-state index contributed by atoms with van der Waals surface area (Å²) in [7, 11) is 0. The molecule has 0 fully saturated rings. The topological polar surface area (TPSA) is 76.7 Å². The average Bonchev–Trinajstić information content (AvgIpc) is 2.86. The fraction of sp³-hybridized carbons (Fsp3) is 0.214. The third-order valence-corrected chi connectivity index (χ3v) is 2.89. The van der Waals surface area contributed by atoms with Crippen molar-refractivity contribution in [3.05, 3.63) is 46.7 Å². The van der Waals surface area contributed by atoms with E-state index in [9.17, 15) is 4.79 Å². The quantitative estimate of drug-likeness (QED) is 0.856. The van der Waals surface area contributed by atoms with E-state index in [1.165, 1.54) is 0 Å². The maximum atomic E-state index is 11.9. The number of allylic oxidation sites excluding steroid dienone is 2. The van der Waals surface area contributed by atoms with Crippen LogP contribution < -0.4 is 5.32 Å². The van der Waals surface area contributed by atoms with Crippen LogP contribution in [0.3, 0.4) is 0 Å². The van der Waals surface area contributed by atoms with Crippen LogP contribution in [0, 0.1) is 22.7 Å². The summed E-state index contributed by atoms with van der Waals surface area (Å²) >= 11 is 0. The van der Waals surface area contributed by atoms with Crippen molar-refractivity contribution in [2.24, 2.45) is 0 Å². The van der Waals surface area contributed by atoms with Gasteiger partial charge in [-0.2, -0.15) is 10.5 Å². The van der Waals surface area contributed by atoms with E-state index < -0.39 is 0 Å². The van der Waals surface area contributed by atoms with Gasteiger partial charge in [-0.15, -0.1) is 0 Å². The number of rotatable bonds is 2. The van der Waals surface area contributed by atoms with Crippen molar-refractivity contribution < 1.29 is 4.79 Å². The zero-order valence-electron chi connectivity index (χ0n) is 9.73. The zero-order chi connectivity index (χ0) is 13.0. The van der Waals surface area contributed by atoms with Crippen LogP contribution >= 0.6 is 0 Å². The summed E-state index contributed by atoms with van der Waals surface area (Å²) in [6, 6.07) is 10.5. The van der Waals surface area contributed by atoms with Crippen LogP contribution in [-0.4, -0.2) is 5.91 Å². The molecule has 0 bridgehead atoms. The Hall–Kier alpha value is -2.59. The lowest BCUT2D eigenvalue weighted by Crippen LogP contribution is -2.22. The Morgan fingerprint density at radius 1 is 1.11 bits per heavy atom. The van der Waals surface area contributed by atoms with Gasteiger partial charge >= 0.3 is 0 Å². The molecule has 1 aromatic carbocycles. The summed E-state index contributed by atoms with van der Waals surface area (Å²) in [6.07, 6.45) is 2.39. The predicted octanol–water partition coefficient (Wildman–Crippen LogP) is 2.25. The molecule has 0 heterocycles. The minimum atomic E-state index is -0.232. The standard InChI is InChI=1S/C14H11N3O/c15-8-10-4-6-11(7-5-10)14(18)17-13-3-1-2-12(13)9-16/h4-7H,1-3H2,(H,17,18). The van der Waals surface area contributed by atoms with Crippen LogP contribution in [0.4, 0.5) is 0 Å². The highest BCUT2D eigenvalue weighted by atomic mass is 16.1. The minimum Gasteiger partial charge on any atom is -0.325 e.